The molecule has 2 aliphatic heterocycles. The number of rotatable bonds is 1. The van der Waals surface area contributed by atoms with Gasteiger partial charge in [0.2, 0.25) is 0 Å². The van der Waals surface area contributed by atoms with E-state index in [0.717, 1.165) is 11.1 Å². The number of hydrogen-bond donors (Lipinski definition) is 1. The summed E-state index contributed by atoms with van der Waals surface area (Å²) in [4.78, 5) is 0. The highest BCUT2D eigenvalue weighted by Crippen LogP contribution is 2.44. The van der Waals surface area contributed by atoms with E-state index < -0.39 is 0 Å². The molecule has 0 amide bonds. The quantitative estimate of drug-likeness (QED) is 0.766. The van der Waals surface area contributed by atoms with Crippen LogP contribution in [0.3, 0.4) is 0 Å². The topological polar surface area (TPSA) is 12.0 Å². The van der Waals surface area contributed by atoms with Crippen LogP contribution in [0, 0.1) is 0 Å². The Morgan fingerprint density at radius 3 is 2.67 bits per heavy atom. The molecule has 0 spiro atoms. The first kappa shape index (κ1) is 9.68. The van der Waals surface area contributed by atoms with Gasteiger partial charge in [0.1, 0.15) is 0 Å². The van der Waals surface area contributed by atoms with Crippen LogP contribution in [0.2, 0.25) is 5.02 Å². The van der Waals surface area contributed by atoms with Crippen LogP contribution in [0.25, 0.3) is 0 Å². The zero-order valence-electron chi connectivity index (χ0n) is 8.80. The van der Waals surface area contributed by atoms with Crippen LogP contribution in [0.5, 0.6) is 0 Å². The Kier molecular flexibility index (Phi) is 2.26. The molecule has 1 N–H and O–H groups in total. The Balaban J connectivity index is 1.89. The zero-order valence-corrected chi connectivity index (χ0v) is 9.56. The van der Waals surface area contributed by atoms with Crippen molar-refractivity contribution in [1.82, 2.24) is 5.32 Å². The van der Waals surface area contributed by atoms with Crippen LogP contribution in [-0.4, -0.2) is 6.04 Å². The average Bonchev–Trinajstić information content (AvgIpc) is 2.51. The van der Waals surface area contributed by atoms with Crippen LogP contribution in [0.15, 0.2) is 24.3 Å². The molecule has 15 heavy (non-hydrogen) atoms. The molecular weight excluding hydrogens is 206 g/mol. The van der Waals surface area contributed by atoms with Crippen LogP contribution in [-0.2, 0) is 5.54 Å². The molecule has 1 aromatic rings. The van der Waals surface area contributed by atoms with Gasteiger partial charge in [-0.25, -0.2) is 0 Å². The molecule has 2 unspecified atom stereocenters. The minimum absolute atomic E-state index is 0.283. The fourth-order valence-corrected chi connectivity index (χ4v) is 3.20. The van der Waals surface area contributed by atoms with Crippen LogP contribution in [0.4, 0.5) is 0 Å². The van der Waals surface area contributed by atoms with Gasteiger partial charge in [0.15, 0.2) is 0 Å². The lowest BCUT2D eigenvalue weighted by Crippen LogP contribution is -2.59. The van der Waals surface area contributed by atoms with Gasteiger partial charge in [-0.1, -0.05) is 36.6 Å². The van der Waals surface area contributed by atoms with Gasteiger partial charge in [-0.05, 0) is 37.0 Å². The fourth-order valence-electron chi connectivity index (χ4n) is 3.07. The number of benzene rings is 1. The summed E-state index contributed by atoms with van der Waals surface area (Å²) in [5, 5.41) is 4.58. The summed E-state index contributed by atoms with van der Waals surface area (Å²) in [5.74, 6) is 0. The smallest absolute Gasteiger partial charge is 0.0451 e. The molecule has 2 heterocycles. The molecule has 0 radical (unpaired) electrons. The van der Waals surface area contributed by atoms with Gasteiger partial charge in [-0.3, -0.25) is 0 Å². The molecule has 3 aliphatic rings. The predicted molar refractivity (Wildman–Crippen MR) is 63.1 cm³/mol. The van der Waals surface area contributed by atoms with Crippen molar-refractivity contribution in [3.63, 3.8) is 0 Å². The van der Waals surface area contributed by atoms with Gasteiger partial charge in [0, 0.05) is 16.6 Å². The van der Waals surface area contributed by atoms with Gasteiger partial charge >= 0.3 is 0 Å². The Morgan fingerprint density at radius 1 is 1.20 bits per heavy atom. The van der Waals surface area contributed by atoms with E-state index in [2.05, 4.69) is 17.4 Å². The molecule has 3 fully saturated rings. The summed E-state index contributed by atoms with van der Waals surface area (Å²) in [6, 6.07) is 9.13. The summed E-state index contributed by atoms with van der Waals surface area (Å²) in [6.45, 7) is 0. The third kappa shape index (κ3) is 1.58. The second-order valence-electron chi connectivity index (χ2n) is 4.88. The zero-order chi connectivity index (χ0) is 10.3. The van der Waals surface area contributed by atoms with E-state index >= 15 is 0 Å². The lowest BCUT2D eigenvalue weighted by molar-refractivity contribution is 0.138. The van der Waals surface area contributed by atoms with Crippen LogP contribution < -0.4 is 5.32 Å². The number of halogens is 1. The fraction of sp³-hybridized carbons (Fsp3) is 0.538. The highest BCUT2D eigenvalue weighted by molar-refractivity contribution is 6.30. The lowest BCUT2D eigenvalue weighted by Gasteiger charge is -2.48. The second-order valence-corrected chi connectivity index (χ2v) is 5.32. The third-order valence-electron chi connectivity index (χ3n) is 3.88. The van der Waals surface area contributed by atoms with E-state index in [0.29, 0.717) is 0 Å². The SMILES string of the molecule is Clc1ccc(C23CCCCC(C2)N3)cc1. The van der Waals surface area contributed by atoms with E-state index in [-0.39, 0.29) is 5.54 Å². The Morgan fingerprint density at radius 2 is 1.93 bits per heavy atom. The average molecular weight is 222 g/mol. The molecule has 2 bridgehead atoms. The number of nitrogens with one attached hydrogen (secondary N) is 1. The molecule has 2 atom stereocenters. The Hall–Kier alpha value is -0.530. The Labute approximate surface area is 95.8 Å². The molecule has 4 rings (SSSR count). The molecular formula is C13H16ClN. The van der Waals surface area contributed by atoms with Crippen molar-refractivity contribution < 1.29 is 0 Å². The predicted octanol–water partition coefficient (Wildman–Crippen LogP) is 3.47. The highest BCUT2D eigenvalue weighted by atomic mass is 35.5. The largest absolute Gasteiger partial charge is 0.304 e. The first-order valence-corrected chi connectivity index (χ1v) is 6.20. The van der Waals surface area contributed by atoms with Crippen molar-refractivity contribution >= 4 is 11.6 Å². The summed E-state index contributed by atoms with van der Waals surface area (Å²) < 4.78 is 0. The van der Waals surface area contributed by atoms with Gasteiger partial charge in [0.25, 0.3) is 0 Å². The van der Waals surface area contributed by atoms with Crippen molar-refractivity contribution in [1.29, 1.82) is 0 Å². The Bertz CT molecular complexity index is 346. The van der Waals surface area contributed by atoms with E-state index in [9.17, 15) is 0 Å². The monoisotopic (exact) mass is 221 g/mol. The lowest BCUT2D eigenvalue weighted by atomic mass is 9.75. The first-order chi connectivity index (χ1) is 7.28. The molecule has 80 valence electrons. The molecule has 1 nitrogen and oxygen atoms in total. The molecule has 2 heteroatoms. The maximum Gasteiger partial charge on any atom is 0.0451 e. The minimum atomic E-state index is 0.283. The van der Waals surface area contributed by atoms with Gasteiger partial charge in [-0.15, -0.1) is 0 Å². The molecule has 1 saturated carbocycles. The first-order valence-electron chi connectivity index (χ1n) is 5.82. The summed E-state index contributed by atoms with van der Waals surface area (Å²) in [7, 11) is 0. The molecule has 2 saturated heterocycles. The van der Waals surface area contributed by atoms with Crippen molar-refractivity contribution in [3.05, 3.63) is 34.9 Å². The van der Waals surface area contributed by atoms with Gasteiger partial charge in [0.05, 0.1) is 0 Å². The van der Waals surface area contributed by atoms with E-state index in [4.69, 9.17) is 11.6 Å². The molecule has 1 aliphatic carbocycles. The van der Waals surface area contributed by atoms with Gasteiger partial charge in [-0.2, -0.15) is 0 Å². The maximum absolute atomic E-state index is 5.92. The third-order valence-corrected chi connectivity index (χ3v) is 4.13. The summed E-state index contributed by atoms with van der Waals surface area (Å²) in [5.41, 5.74) is 1.70. The molecule has 1 aromatic carbocycles. The second kappa shape index (κ2) is 3.50. The van der Waals surface area contributed by atoms with E-state index in [1.54, 1.807) is 0 Å². The number of fused-ring (bicyclic) bond motifs is 3. The minimum Gasteiger partial charge on any atom is -0.304 e. The maximum atomic E-state index is 5.92. The normalized spacial score (nSPS) is 34.3. The summed E-state index contributed by atoms with van der Waals surface area (Å²) >= 11 is 5.92. The summed E-state index contributed by atoms with van der Waals surface area (Å²) in [6.07, 6.45) is 6.69. The standard InChI is InChI=1S/C13H16ClN/c14-11-6-4-10(5-7-11)13-8-2-1-3-12(9-13)15-13/h4-7,12,15H,1-3,8-9H2. The molecule has 0 aromatic heterocycles. The van der Waals surface area contributed by atoms with Crippen molar-refractivity contribution in [2.45, 2.75) is 43.7 Å². The van der Waals surface area contributed by atoms with Gasteiger partial charge < -0.3 is 5.32 Å². The number of hydrogen-bond acceptors (Lipinski definition) is 1. The van der Waals surface area contributed by atoms with Crippen LogP contribution >= 0.6 is 11.6 Å². The van der Waals surface area contributed by atoms with Crippen molar-refractivity contribution in [2.75, 3.05) is 0 Å². The van der Waals surface area contributed by atoms with E-state index in [1.807, 2.05) is 12.1 Å². The van der Waals surface area contributed by atoms with E-state index in [1.165, 1.54) is 37.7 Å². The van der Waals surface area contributed by atoms with Crippen molar-refractivity contribution in [2.24, 2.45) is 0 Å². The van der Waals surface area contributed by atoms with Crippen LogP contribution in [0.1, 0.15) is 37.7 Å². The highest BCUT2D eigenvalue weighted by Gasteiger charge is 2.45. The van der Waals surface area contributed by atoms with Crippen molar-refractivity contribution in [3.8, 4) is 0 Å².